The summed E-state index contributed by atoms with van der Waals surface area (Å²) >= 11 is 1.25. The van der Waals surface area contributed by atoms with Crippen LogP contribution < -0.4 is 5.32 Å². The number of esters is 1. The van der Waals surface area contributed by atoms with Gasteiger partial charge in [-0.2, -0.15) is 0 Å². The van der Waals surface area contributed by atoms with E-state index in [2.05, 4.69) is 10.3 Å². The SMILES string of the molecule is C[C@@H](CNC(=O)COC(=O)c1csc(-c2ccc(F)cc2)n1)c1ccccc1. The van der Waals surface area contributed by atoms with Gasteiger partial charge in [0.15, 0.2) is 12.3 Å². The topological polar surface area (TPSA) is 68.3 Å². The van der Waals surface area contributed by atoms with Gasteiger partial charge in [0, 0.05) is 17.5 Å². The molecule has 3 aromatic rings. The summed E-state index contributed by atoms with van der Waals surface area (Å²) in [5.74, 6) is -1.23. The number of halogens is 1. The second-order valence-corrected chi connectivity index (χ2v) is 7.09. The lowest BCUT2D eigenvalue weighted by Gasteiger charge is -2.13. The van der Waals surface area contributed by atoms with Crippen molar-refractivity contribution in [3.8, 4) is 10.6 Å². The zero-order valence-electron chi connectivity index (χ0n) is 15.2. The lowest BCUT2D eigenvalue weighted by molar-refractivity contribution is -0.124. The number of benzene rings is 2. The third kappa shape index (κ3) is 5.23. The van der Waals surface area contributed by atoms with E-state index in [0.717, 1.165) is 5.56 Å². The van der Waals surface area contributed by atoms with Gasteiger partial charge in [0.25, 0.3) is 5.91 Å². The first kappa shape index (κ1) is 19.7. The monoisotopic (exact) mass is 398 g/mol. The molecule has 1 amide bonds. The zero-order valence-corrected chi connectivity index (χ0v) is 16.0. The highest BCUT2D eigenvalue weighted by Crippen LogP contribution is 2.24. The minimum Gasteiger partial charge on any atom is -0.451 e. The highest BCUT2D eigenvalue weighted by atomic mass is 32.1. The van der Waals surface area contributed by atoms with Crippen molar-refractivity contribution in [3.63, 3.8) is 0 Å². The van der Waals surface area contributed by atoms with Gasteiger partial charge in [0.05, 0.1) is 0 Å². The van der Waals surface area contributed by atoms with Crippen molar-refractivity contribution < 1.29 is 18.7 Å². The molecule has 0 bridgehead atoms. The van der Waals surface area contributed by atoms with Gasteiger partial charge in [0.1, 0.15) is 10.8 Å². The minimum atomic E-state index is -0.670. The predicted molar refractivity (Wildman–Crippen MR) is 106 cm³/mol. The van der Waals surface area contributed by atoms with Crippen LogP contribution in [-0.4, -0.2) is 30.0 Å². The van der Waals surface area contributed by atoms with Crippen molar-refractivity contribution in [2.45, 2.75) is 12.8 Å². The molecule has 1 atom stereocenters. The number of hydrogen-bond donors (Lipinski definition) is 1. The molecule has 0 fully saturated rings. The second kappa shape index (κ2) is 9.23. The summed E-state index contributed by atoms with van der Waals surface area (Å²) in [4.78, 5) is 28.2. The summed E-state index contributed by atoms with van der Waals surface area (Å²) in [5.41, 5.74) is 1.95. The summed E-state index contributed by atoms with van der Waals surface area (Å²) in [6, 6.07) is 15.7. The molecule has 0 aliphatic rings. The van der Waals surface area contributed by atoms with E-state index in [-0.39, 0.29) is 29.9 Å². The number of rotatable bonds is 7. The number of thiazole rings is 1. The van der Waals surface area contributed by atoms with Crippen LogP contribution in [0.5, 0.6) is 0 Å². The largest absolute Gasteiger partial charge is 0.451 e. The first-order chi connectivity index (χ1) is 13.5. The van der Waals surface area contributed by atoms with Gasteiger partial charge in [-0.05, 0) is 35.7 Å². The zero-order chi connectivity index (χ0) is 19.9. The van der Waals surface area contributed by atoms with E-state index in [1.165, 1.54) is 23.5 Å². The number of carbonyl (C=O) groups excluding carboxylic acids is 2. The Hall–Kier alpha value is -3.06. The maximum absolute atomic E-state index is 13.0. The second-order valence-electron chi connectivity index (χ2n) is 6.24. The normalized spacial score (nSPS) is 11.6. The molecule has 3 rings (SSSR count). The molecule has 2 aromatic carbocycles. The van der Waals surface area contributed by atoms with Gasteiger partial charge in [-0.25, -0.2) is 14.2 Å². The van der Waals surface area contributed by atoms with Crippen molar-refractivity contribution in [1.29, 1.82) is 0 Å². The number of ether oxygens (including phenoxy) is 1. The van der Waals surface area contributed by atoms with Crippen LogP contribution in [0.2, 0.25) is 0 Å². The molecular weight excluding hydrogens is 379 g/mol. The van der Waals surface area contributed by atoms with Crippen LogP contribution in [0, 0.1) is 5.82 Å². The number of amides is 1. The molecule has 1 heterocycles. The van der Waals surface area contributed by atoms with E-state index in [1.54, 1.807) is 17.5 Å². The highest BCUT2D eigenvalue weighted by molar-refractivity contribution is 7.13. The Morgan fingerprint density at radius 2 is 1.86 bits per heavy atom. The molecule has 144 valence electrons. The van der Waals surface area contributed by atoms with E-state index >= 15 is 0 Å². The Morgan fingerprint density at radius 1 is 1.14 bits per heavy atom. The van der Waals surface area contributed by atoms with E-state index < -0.39 is 5.97 Å². The maximum Gasteiger partial charge on any atom is 0.358 e. The molecule has 0 aliphatic carbocycles. The third-order valence-corrected chi connectivity index (χ3v) is 5.00. The molecule has 0 unspecified atom stereocenters. The first-order valence-corrected chi connectivity index (χ1v) is 9.61. The molecule has 0 saturated carbocycles. The number of nitrogens with one attached hydrogen (secondary N) is 1. The van der Waals surface area contributed by atoms with Gasteiger partial charge in [0.2, 0.25) is 0 Å². The van der Waals surface area contributed by atoms with Crippen LogP contribution in [0.3, 0.4) is 0 Å². The maximum atomic E-state index is 13.0. The lowest BCUT2D eigenvalue weighted by atomic mass is 10.0. The first-order valence-electron chi connectivity index (χ1n) is 8.73. The van der Waals surface area contributed by atoms with Gasteiger partial charge in [-0.1, -0.05) is 37.3 Å². The quantitative estimate of drug-likeness (QED) is 0.610. The summed E-state index contributed by atoms with van der Waals surface area (Å²) < 4.78 is 18.0. The standard InChI is InChI=1S/C21H19FN2O3S/c1-14(15-5-3-2-4-6-15)11-23-19(25)12-27-21(26)18-13-28-20(24-18)16-7-9-17(22)10-8-16/h2-10,13-14H,11-12H2,1H3,(H,23,25)/t14-/m0/s1. The van der Waals surface area contributed by atoms with E-state index in [4.69, 9.17) is 4.74 Å². The van der Waals surface area contributed by atoms with Crippen molar-refractivity contribution in [2.75, 3.05) is 13.2 Å². The number of carbonyl (C=O) groups is 2. The molecule has 1 aromatic heterocycles. The van der Waals surface area contributed by atoms with Gasteiger partial charge in [-0.3, -0.25) is 4.79 Å². The van der Waals surface area contributed by atoms with Crippen LogP contribution >= 0.6 is 11.3 Å². The minimum absolute atomic E-state index is 0.120. The van der Waals surface area contributed by atoms with Crippen molar-refractivity contribution in [1.82, 2.24) is 10.3 Å². The Labute approximate surface area is 166 Å². The molecule has 0 radical (unpaired) electrons. The van der Waals surface area contributed by atoms with E-state index in [1.807, 2.05) is 37.3 Å². The average molecular weight is 398 g/mol. The molecule has 0 aliphatic heterocycles. The number of hydrogen-bond acceptors (Lipinski definition) is 5. The van der Waals surface area contributed by atoms with Crippen molar-refractivity contribution >= 4 is 23.2 Å². The third-order valence-electron chi connectivity index (χ3n) is 4.11. The summed E-state index contributed by atoms with van der Waals surface area (Å²) in [6.07, 6.45) is 0. The van der Waals surface area contributed by atoms with Crippen LogP contribution in [0.15, 0.2) is 60.0 Å². The summed E-state index contributed by atoms with van der Waals surface area (Å²) in [7, 11) is 0. The van der Waals surface area contributed by atoms with E-state index in [0.29, 0.717) is 17.1 Å². The Balaban J connectivity index is 1.47. The van der Waals surface area contributed by atoms with Crippen LogP contribution in [0.1, 0.15) is 28.9 Å². The number of aromatic nitrogens is 1. The van der Waals surface area contributed by atoms with Crippen LogP contribution in [0.4, 0.5) is 4.39 Å². The van der Waals surface area contributed by atoms with Gasteiger partial charge < -0.3 is 10.1 Å². The van der Waals surface area contributed by atoms with Gasteiger partial charge >= 0.3 is 5.97 Å². The van der Waals surface area contributed by atoms with Crippen LogP contribution in [-0.2, 0) is 9.53 Å². The van der Waals surface area contributed by atoms with Crippen molar-refractivity contribution in [3.05, 3.63) is 77.1 Å². The fourth-order valence-corrected chi connectivity index (χ4v) is 3.31. The highest BCUT2D eigenvalue weighted by Gasteiger charge is 2.15. The predicted octanol–water partition coefficient (Wildman–Crippen LogP) is 4.03. The molecule has 7 heteroatoms. The molecule has 0 saturated heterocycles. The molecular formula is C21H19FN2O3S. The number of nitrogens with zero attached hydrogens (tertiary/aromatic N) is 1. The fraction of sp³-hybridized carbons (Fsp3) is 0.190. The Morgan fingerprint density at radius 3 is 2.57 bits per heavy atom. The molecule has 5 nitrogen and oxygen atoms in total. The van der Waals surface area contributed by atoms with Crippen LogP contribution in [0.25, 0.3) is 10.6 Å². The molecule has 0 spiro atoms. The average Bonchev–Trinajstić information content (AvgIpc) is 3.21. The van der Waals surface area contributed by atoms with Gasteiger partial charge in [-0.15, -0.1) is 11.3 Å². The molecule has 28 heavy (non-hydrogen) atoms. The lowest BCUT2D eigenvalue weighted by Crippen LogP contribution is -2.31. The Kier molecular flexibility index (Phi) is 6.49. The summed E-state index contributed by atoms with van der Waals surface area (Å²) in [6.45, 7) is 2.09. The van der Waals surface area contributed by atoms with E-state index in [9.17, 15) is 14.0 Å². The summed E-state index contributed by atoms with van der Waals surface area (Å²) in [5, 5.41) is 4.88. The fourth-order valence-electron chi connectivity index (χ4n) is 2.51. The Bertz CT molecular complexity index is 942. The smallest absolute Gasteiger partial charge is 0.358 e. The molecule has 1 N–H and O–H groups in total. The van der Waals surface area contributed by atoms with Crippen molar-refractivity contribution in [2.24, 2.45) is 0 Å².